The number of nitrogens with zero attached hydrogens (tertiary/aromatic N) is 1. The predicted molar refractivity (Wildman–Crippen MR) is 68.8 cm³/mol. The third-order valence-electron chi connectivity index (χ3n) is 2.94. The summed E-state index contributed by atoms with van der Waals surface area (Å²) in [5.41, 5.74) is 1.89. The maximum atomic E-state index is 12.3. The van der Waals surface area contributed by atoms with Crippen LogP contribution in [0, 0.1) is 0 Å². The van der Waals surface area contributed by atoms with Gasteiger partial charge < -0.3 is 9.47 Å². The van der Waals surface area contributed by atoms with Gasteiger partial charge >= 0.3 is 0 Å². The minimum atomic E-state index is -0.364. The van der Waals surface area contributed by atoms with E-state index in [-0.39, 0.29) is 12.1 Å². The van der Waals surface area contributed by atoms with Crippen molar-refractivity contribution in [3.63, 3.8) is 0 Å². The lowest BCUT2D eigenvalue weighted by atomic mass is 10.0. The van der Waals surface area contributed by atoms with Crippen LogP contribution >= 0.6 is 0 Å². The number of rotatable bonds is 3. The van der Waals surface area contributed by atoms with E-state index >= 15 is 0 Å². The van der Waals surface area contributed by atoms with Crippen molar-refractivity contribution < 1.29 is 14.3 Å². The summed E-state index contributed by atoms with van der Waals surface area (Å²) in [6, 6.07) is 12.6. The van der Waals surface area contributed by atoms with Crippen LogP contribution < -0.4 is 0 Å². The van der Waals surface area contributed by atoms with Gasteiger partial charge in [0.15, 0.2) is 6.29 Å². The van der Waals surface area contributed by atoms with Crippen molar-refractivity contribution in [2.45, 2.75) is 6.29 Å². The Morgan fingerprint density at radius 1 is 1.11 bits per heavy atom. The van der Waals surface area contributed by atoms with E-state index in [1.165, 1.54) is 0 Å². The Morgan fingerprint density at radius 2 is 1.95 bits per heavy atom. The number of carbonyl (C=O) groups is 1. The van der Waals surface area contributed by atoms with Gasteiger partial charge in [-0.05, 0) is 18.2 Å². The molecule has 4 nitrogen and oxygen atoms in total. The number of benzene rings is 1. The first-order valence-corrected chi connectivity index (χ1v) is 6.13. The van der Waals surface area contributed by atoms with Crippen LogP contribution in [0.25, 0.3) is 0 Å². The zero-order valence-electron chi connectivity index (χ0n) is 10.3. The van der Waals surface area contributed by atoms with Crippen molar-refractivity contribution in [2.75, 3.05) is 13.2 Å². The number of hydrogen-bond donors (Lipinski definition) is 0. The molecule has 2 heterocycles. The molecule has 0 unspecified atom stereocenters. The molecule has 0 aliphatic carbocycles. The highest BCUT2D eigenvalue weighted by atomic mass is 16.7. The lowest BCUT2D eigenvalue weighted by molar-refractivity contribution is -0.0441. The molecule has 4 heteroatoms. The average molecular weight is 255 g/mol. The Balaban J connectivity index is 1.89. The maximum absolute atomic E-state index is 12.3. The van der Waals surface area contributed by atoms with Crippen LogP contribution in [0.1, 0.15) is 27.9 Å². The van der Waals surface area contributed by atoms with Crippen LogP contribution in [0.4, 0.5) is 0 Å². The number of aromatic nitrogens is 1. The van der Waals surface area contributed by atoms with E-state index in [2.05, 4.69) is 4.98 Å². The standard InChI is InChI=1S/C15H13NO3/c17-14(13-6-1-2-7-16-13)11-4-3-5-12(10-11)15-18-8-9-19-15/h1-7,10,15H,8-9H2. The molecular formula is C15H13NO3. The van der Waals surface area contributed by atoms with E-state index in [9.17, 15) is 4.79 Å². The largest absolute Gasteiger partial charge is 0.346 e. The van der Waals surface area contributed by atoms with Crippen LogP contribution in [-0.2, 0) is 9.47 Å². The monoisotopic (exact) mass is 255 g/mol. The second-order valence-electron chi connectivity index (χ2n) is 4.24. The molecule has 0 amide bonds. The second kappa shape index (κ2) is 5.30. The van der Waals surface area contributed by atoms with Crippen LogP contribution in [0.5, 0.6) is 0 Å². The minimum Gasteiger partial charge on any atom is -0.346 e. The third-order valence-corrected chi connectivity index (χ3v) is 2.94. The quantitative estimate of drug-likeness (QED) is 0.790. The van der Waals surface area contributed by atoms with Gasteiger partial charge in [0, 0.05) is 17.3 Å². The molecule has 3 rings (SSSR count). The van der Waals surface area contributed by atoms with E-state index in [0.717, 1.165) is 5.56 Å². The van der Waals surface area contributed by atoms with Crippen molar-refractivity contribution in [2.24, 2.45) is 0 Å². The fraction of sp³-hybridized carbons (Fsp3) is 0.200. The molecule has 1 aliphatic rings. The molecule has 0 atom stereocenters. The minimum absolute atomic E-state index is 0.0968. The van der Waals surface area contributed by atoms with E-state index in [0.29, 0.717) is 24.5 Å². The van der Waals surface area contributed by atoms with Crippen molar-refractivity contribution >= 4 is 5.78 Å². The predicted octanol–water partition coefficient (Wildman–Crippen LogP) is 2.36. The third kappa shape index (κ3) is 2.54. The number of pyridine rings is 1. The van der Waals surface area contributed by atoms with Crippen molar-refractivity contribution in [3.8, 4) is 0 Å². The Bertz CT molecular complexity index is 577. The summed E-state index contributed by atoms with van der Waals surface area (Å²) in [5.74, 6) is -0.0968. The zero-order chi connectivity index (χ0) is 13.1. The first kappa shape index (κ1) is 12.0. The smallest absolute Gasteiger partial charge is 0.211 e. The Hall–Kier alpha value is -2.04. The fourth-order valence-electron chi connectivity index (χ4n) is 2.02. The molecule has 0 radical (unpaired) electrons. The summed E-state index contributed by atoms with van der Waals surface area (Å²) in [6.45, 7) is 1.17. The summed E-state index contributed by atoms with van der Waals surface area (Å²) in [6.07, 6.45) is 1.25. The topological polar surface area (TPSA) is 48.4 Å². The molecule has 19 heavy (non-hydrogen) atoms. The molecule has 0 bridgehead atoms. The van der Waals surface area contributed by atoms with E-state index < -0.39 is 0 Å². The SMILES string of the molecule is O=C(c1cccc(C2OCCO2)c1)c1ccccn1. The van der Waals surface area contributed by atoms with Crippen molar-refractivity contribution in [1.29, 1.82) is 0 Å². The number of ether oxygens (including phenoxy) is 2. The summed E-state index contributed by atoms with van der Waals surface area (Å²) < 4.78 is 10.9. The van der Waals surface area contributed by atoms with Gasteiger partial charge in [0.05, 0.1) is 13.2 Å². The normalized spacial score (nSPS) is 15.6. The van der Waals surface area contributed by atoms with Gasteiger partial charge in [0.25, 0.3) is 0 Å². The van der Waals surface area contributed by atoms with Gasteiger partial charge in [-0.2, -0.15) is 0 Å². The molecule has 1 aromatic carbocycles. The molecule has 2 aromatic rings. The highest BCUT2D eigenvalue weighted by molar-refractivity contribution is 6.07. The van der Waals surface area contributed by atoms with Gasteiger partial charge in [-0.25, -0.2) is 0 Å². The molecule has 0 spiro atoms. The van der Waals surface area contributed by atoms with Gasteiger partial charge in [0.2, 0.25) is 5.78 Å². The van der Waals surface area contributed by atoms with Gasteiger partial charge in [-0.1, -0.05) is 24.3 Å². The molecule has 1 fully saturated rings. The zero-order valence-corrected chi connectivity index (χ0v) is 10.3. The Morgan fingerprint density at radius 3 is 2.68 bits per heavy atom. The van der Waals surface area contributed by atoms with E-state index in [1.54, 1.807) is 36.5 Å². The van der Waals surface area contributed by atoms with E-state index in [4.69, 9.17) is 9.47 Å². The van der Waals surface area contributed by atoms with Gasteiger partial charge in [-0.15, -0.1) is 0 Å². The molecular weight excluding hydrogens is 242 g/mol. The highest BCUT2D eigenvalue weighted by Crippen LogP contribution is 2.24. The van der Waals surface area contributed by atoms with Crippen LogP contribution in [0.15, 0.2) is 48.7 Å². The summed E-state index contributed by atoms with van der Waals surface area (Å²) in [4.78, 5) is 16.3. The van der Waals surface area contributed by atoms with Crippen LogP contribution in [0.3, 0.4) is 0 Å². The molecule has 96 valence electrons. The second-order valence-corrected chi connectivity index (χ2v) is 4.24. The van der Waals surface area contributed by atoms with Crippen molar-refractivity contribution in [3.05, 3.63) is 65.5 Å². The average Bonchev–Trinajstić information content (AvgIpc) is 3.02. The Kier molecular flexibility index (Phi) is 3.35. The lowest BCUT2D eigenvalue weighted by Crippen LogP contribution is -2.05. The van der Waals surface area contributed by atoms with Crippen molar-refractivity contribution in [1.82, 2.24) is 4.98 Å². The molecule has 0 saturated carbocycles. The molecule has 1 aliphatic heterocycles. The first-order chi connectivity index (χ1) is 9.34. The maximum Gasteiger partial charge on any atom is 0.211 e. The van der Waals surface area contributed by atoms with Crippen LogP contribution in [0.2, 0.25) is 0 Å². The summed E-state index contributed by atoms with van der Waals surface area (Å²) in [7, 11) is 0. The Labute approximate surface area is 111 Å². The van der Waals surface area contributed by atoms with Gasteiger partial charge in [-0.3, -0.25) is 9.78 Å². The lowest BCUT2D eigenvalue weighted by Gasteiger charge is -2.10. The van der Waals surface area contributed by atoms with Crippen LogP contribution in [-0.4, -0.2) is 24.0 Å². The number of carbonyl (C=O) groups excluding carboxylic acids is 1. The first-order valence-electron chi connectivity index (χ1n) is 6.13. The number of ketones is 1. The number of hydrogen-bond acceptors (Lipinski definition) is 4. The highest BCUT2D eigenvalue weighted by Gasteiger charge is 2.19. The molecule has 1 aromatic heterocycles. The summed E-state index contributed by atoms with van der Waals surface area (Å²) >= 11 is 0. The molecule has 0 N–H and O–H groups in total. The fourth-order valence-corrected chi connectivity index (χ4v) is 2.02. The van der Waals surface area contributed by atoms with E-state index in [1.807, 2.05) is 12.1 Å². The molecule has 1 saturated heterocycles. The van der Waals surface area contributed by atoms with Gasteiger partial charge in [0.1, 0.15) is 5.69 Å². The summed E-state index contributed by atoms with van der Waals surface area (Å²) in [5, 5.41) is 0.